The molecule has 1 atom stereocenters. The van der Waals surface area contributed by atoms with Crippen molar-refractivity contribution in [1.82, 2.24) is 9.80 Å². The molecule has 1 aromatic heterocycles. The van der Waals surface area contributed by atoms with Gasteiger partial charge in [0.2, 0.25) is 11.8 Å². The molecule has 30 heavy (non-hydrogen) atoms. The van der Waals surface area contributed by atoms with E-state index in [0.29, 0.717) is 13.2 Å². The number of amides is 2. The number of aryl methyl sites for hydroxylation is 2. The van der Waals surface area contributed by atoms with Crippen molar-refractivity contribution in [3.05, 3.63) is 51.2 Å². The second kappa shape index (κ2) is 8.80. The van der Waals surface area contributed by atoms with Crippen molar-refractivity contribution in [2.24, 2.45) is 0 Å². The predicted octanol–water partition coefficient (Wildman–Crippen LogP) is 4.52. The Balaban J connectivity index is 1.82. The van der Waals surface area contributed by atoms with Crippen molar-refractivity contribution in [2.45, 2.75) is 59.5 Å². The first-order chi connectivity index (χ1) is 14.1. The highest BCUT2D eigenvalue weighted by molar-refractivity contribution is 7.10. The smallest absolute Gasteiger partial charge is 0.242 e. The maximum atomic E-state index is 13.3. The van der Waals surface area contributed by atoms with Gasteiger partial charge in [-0.1, -0.05) is 17.7 Å². The van der Waals surface area contributed by atoms with Gasteiger partial charge < -0.3 is 14.5 Å². The molecule has 1 unspecified atom stereocenters. The molecule has 3 rings (SSSR count). The van der Waals surface area contributed by atoms with Crippen LogP contribution in [0.25, 0.3) is 0 Å². The minimum atomic E-state index is -0.407. The Morgan fingerprint density at radius 1 is 1.23 bits per heavy atom. The Morgan fingerprint density at radius 3 is 2.60 bits per heavy atom. The third-order valence-corrected chi connectivity index (χ3v) is 6.62. The summed E-state index contributed by atoms with van der Waals surface area (Å²) < 4.78 is 6.19. The van der Waals surface area contributed by atoms with Crippen LogP contribution >= 0.6 is 11.3 Å². The van der Waals surface area contributed by atoms with Crippen molar-refractivity contribution in [3.63, 3.8) is 0 Å². The molecule has 0 radical (unpaired) electrons. The Bertz CT molecular complexity index is 929. The number of nitrogens with zero attached hydrogens (tertiary/aromatic N) is 2. The molecule has 1 aromatic carbocycles. The molecule has 0 aliphatic carbocycles. The zero-order chi connectivity index (χ0) is 22.1. The van der Waals surface area contributed by atoms with E-state index >= 15 is 0 Å². The monoisotopic (exact) mass is 428 g/mol. The molecule has 162 valence electrons. The molecule has 0 saturated heterocycles. The van der Waals surface area contributed by atoms with Crippen LogP contribution in [0, 0.1) is 13.8 Å². The third-order valence-electron chi connectivity index (χ3n) is 5.63. The Kier molecular flexibility index (Phi) is 6.56. The number of benzene rings is 1. The maximum absolute atomic E-state index is 13.3. The zero-order valence-corrected chi connectivity index (χ0v) is 19.6. The van der Waals surface area contributed by atoms with Crippen molar-refractivity contribution < 1.29 is 14.3 Å². The second-order valence-electron chi connectivity index (χ2n) is 9.01. The van der Waals surface area contributed by atoms with Crippen LogP contribution in [0.1, 0.15) is 55.3 Å². The van der Waals surface area contributed by atoms with Gasteiger partial charge in [-0.25, -0.2) is 0 Å². The van der Waals surface area contributed by atoms with Gasteiger partial charge >= 0.3 is 0 Å². The first kappa shape index (κ1) is 22.3. The normalized spacial score (nSPS) is 16.2. The van der Waals surface area contributed by atoms with Crippen molar-refractivity contribution in [2.75, 3.05) is 19.7 Å². The molecule has 0 N–H and O–H groups in total. The lowest BCUT2D eigenvalue weighted by Crippen LogP contribution is -2.52. The van der Waals surface area contributed by atoms with Crippen LogP contribution in [0.3, 0.4) is 0 Å². The van der Waals surface area contributed by atoms with E-state index in [2.05, 4.69) is 24.4 Å². The molecule has 2 amide bonds. The summed E-state index contributed by atoms with van der Waals surface area (Å²) in [6.07, 6.45) is 0.842. The molecule has 2 aromatic rings. The summed E-state index contributed by atoms with van der Waals surface area (Å²) in [5.41, 5.74) is 3.04. The first-order valence-corrected chi connectivity index (χ1v) is 11.3. The fraction of sp³-hybridized carbons (Fsp3) is 0.500. The van der Waals surface area contributed by atoms with E-state index in [9.17, 15) is 9.59 Å². The van der Waals surface area contributed by atoms with Crippen LogP contribution in [0.5, 0.6) is 5.75 Å². The van der Waals surface area contributed by atoms with Crippen LogP contribution < -0.4 is 4.74 Å². The summed E-state index contributed by atoms with van der Waals surface area (Å²) in [5, 5.41) is 2.08. The summed E-state index contributed by atoms with van der Waals surface area (Å²) in [7, 11) is 0. The second-order valence-corrected chi connectivity index (χ2v) is 10.0. The molecule has 1 aliphatic heterocycles. The van der Waals surface area contributed by atoms with E-state index in [4.69, 9.17) is 4.74 Å². The van der Waals surface area contributed by atoms with Gasteiger partial charge in [0.25, 0.3) is 0 Å². The summed E-state index contributed by atoms with van der Waals surface area (Å²) >= 11 is 1.73. The topological polar surface area (TPSA) is 49.9 Å². The maximum Gasteiger partial charge on any atom is 0.242 e. The first-order valence-electron chi connectivity index (χ1n) is 10.4. The number of thiophene rings is 1. The van der Waals surface area contributed by atoms with Gasteiger partial charge in [0.1, 0.15) is 18.9 Å². The fourth-order valence-corrected chi connectivity index (χ4v) is 4.98. The molecule has 6 heteroatoms. The molecule has 5 nitrogen and oxygen atoms in total. The van der Waals surface area contributed by atoms with Gasteiger partial charge in [0, 0.05) is 23.9 Å². The quantitative estimate of drug-likeness (QED) is 0.704. The van der Waals surface area contributed by atoms with Crippen molar-refractivity contribution in [3.8, 4) is 5.75 Å². The summed E-state index contributed by atoms with van der Waals surface area (Å²) in [4.78, 5) is 30.3. The van der Waals surface area contributed by atoms with E-state index in [1.165, 1.54) is 17.4 Å². The fourth-order valence-electron chi connectivity index (χ4n) is 4.05. The number of carbonyl (C=O) groups is 2. The summed E-state index contributed by atoms with van der Waals surface area (Å²) in [5.74, 6) is 0.716. The lowest BCUT2D eigenvalue weighted by atomic mass is 9.99. The van der Waals surface area contributed by atoms with Gasteiger partial charge in [-0.05, 0) is 69.7 Å². The number of ether oxygens (including phenoxy) is 1. The molecule has 0 saturated carbocycles. The highest BCUT2D eigenvalue weighted by Crippen LogP contribution is 2.34. The molecule has 0 spiro atoms. The molecule has 1 aliphatic rings. The predicted molar refractivity (Wildman–Crippen MR) is 121 cm³/mol. The van der Waals surface area contributed by atoms with Crippen LogP contribution in [-0.4, -0.2) is 46.8 Å². The number of fused-ring (bicyclic) bond motifs is 1. The van der Waals surface area contributed by atoms with Crippen LogP contribution in [0.15, 0.2) is 29.6 Å². The van der Waals surface area contributed by atoms with Gasteiger partial charge in [0.15, 0.2) is 0 Å². The Labute approximate surface area is 183 Å². The highest BCUT2D eigenvalue weighted by atomic mass is 32.1. The van der Waals surface area contributed by atoms with Crippen LogP contribution in [-0.2, 0) is 16.0 Å². The third kappa shape index (κ3) is 4.86. The largest absolute Gasteiger partial charge is 0.491 e. The van der Waals surface area contributed by atoms with Gasteiger partial charge in [-0.3, -0.25) is 9.59 Å². The highest BCUT2D eigenvalue weighted by Gasteiger charge is 2.35. The number of hydrogen-bond acceptors (Lipinski definition) is 4. The van der Waals surface area contributed by atoms with E-state index in [-0.39, 0.29) is 24.4 Å². The van der Waals surface area contributed by atoms with Crippen LogP contribution in [0.4, 0.5) is 0 Å². The summed E-state index contributed by atoms with van der Waals surface area (Å²) in [6.45, 7) is 12.6. The van der Waals surface area contributed by atoms with Gasteiger partial charge in [0.05, 0.1) is 6.04 Å². The SMILES string of the molecule is CC(=O)N(CC(=O)N1CCc2sccc2C1COc1ccc(C)cc1C)C(C)(C)C. The minimum Gasteiger partial charge on any atom is -0.491 e. The molecular formula is C24H32N2O3S. The molecule has 0 bridgehead atoms. The molecule has 0 fully saturated rings. The van der Waals surface area contributed by atoms with Gasteiger partial charge in [-0.15, -0.1) is 11.3 Å². The molecule has 2 heterocycles. The van der Waals surface area contributed by atoms with E-state index in [1.807, 2.05) is 44.7 Å². The zero-order valence-electron chi connectivity index (χ0n) is 18.8. The van der Waals surface area contributed by atoms with Gasteiger partial charge in [-0.2, -0.15) is 0 Å². The Morgan fingerprint density at radius 2 is 1.97 bits per heavy atom. The van der Waals surface area contributed by atoms with E-state index in [1.54, 1.807) is 16.2 Å². The lowest BCUT2D eigenvalue weighted by Gasteiger charge is -2.40. The summed E-state index contributed by atoms with van der Waals surface area (Å²) in [6, 6.07) is 8.08. The lowest BCUT2D eigenvalue weighted by molar-refractivity contribution is -0.145. The number of hydrogen-bond donors (Lipinski definition) is 0. The van der Waals surface area contributed by atoms with E-state index in [0.717, 1.165) is 23.3 Å². The average Bonchev–Trinajstić information content (AvgIpc) is 3.12. The standard InChI is InChI=1S/C24H32N2O3S/c1-16-7-8-21(17(2)13-16)29-15-20-19-10-12-30-22(19)9-11-25(20)23(28)14-26(18(3)27)24(4,5)6/h7-8,10,12-13,20H,9,11,14-15H2,1-6H3. The molecular weight excluding hydrogens is 396 g/mol. The van der Waals surface area contributed by atoms with Crippen LogP contribution in [0.2, 0.25) is 0 Å². The van der Waals surface area contributed by atoms with Crippen molar-refractivity contribution in [1.29, 1.82) is 0 Å². The Hall–Kier alpha value is -2.34. The minimum absolute atomic E-state index is 0.0359. The average molecular weight is 429 g/mol. The van der Waals surface area contributed by atoms with Crippen molar-refractivity contribution >= 4 is 23.2 Å². The number of carbonyl (C=O) groups excluding carboxylic acids is 2. The number of rotatable bonds is 5. The van der Waals surface area contributed by atoms with E-state index < -0.39 is 5.54 Å².